The van der Waals surface area contributed by atoms with Crippen LogP contribution in [0.5, 0.6) is 5.88 Å². The molecule has 0 aromatic carbocycles. The Bertz CT molecular complexity index is 342. The van der Waals surface area contributed by atoms with E-state index in [-0.39, 0.29) is 0 Å². The van der Waals surface area contributed by atoms with Gasteiger partial charge in [-0.15, -0.1) is 0 Å². The number of nitrogens with zero attached hydrogens (tertiary/aromatic N) is 1. The number of rotatable bonds is 8. The molecule has 1 aromatic rings. The van der Waals surface area contributed by atoms with Crippen LogP contribution in [0.15, 0.2) is 18.3 Å². The van der Waals surface area contributed by atoms with E-state index in [4.69, 9.17) is 9.47 Å². The van der Waals surface area contributed by atoms with Gasteiger partial charge in [-0.05, 0) is 18.9 Å². The van der Waals surface area contributed by atoms with Crippen molar-refractivity contribution in [3.8, 4) is 5.88 Å². The lowest BCUT2D eigenvalue weighted by Gasteiger charge is -2.22. The first-order chi connectivity index (χ1) is 8.69. The minimum atomic E-state index is 0.342. The van der Waals surface area contributed by atoms with Crippen molar-refractivity contribution in [1.29, 1.82) is 0 Å². The number of ether oxygens (including phenoxy) is 2. The molecule has 1 atom stereocenters. The Morgan fingerprint density at radius 2 is 2.17 bits per heavy atom. The summed E-state index contributed by atoms with van der Waals surface area (Å²) in [7, 11) is 1.64. The minimum Gasteiger partial charge on any atom is -0.481 e. The average Bonchev–Trinajstić information content (AvgIpc) is 2.38. The second-order valence-electron chi connectivity index (χ2n) is 4.56. The van der Waals surface area contributed by atoms with Crippen LogP contribution in [0.1, 0.15) is 26.3 Å². The zero-order valence-electron chi connectivity index (χ0n) is 11.8. The van der Waals surface area contributed by atoms with Gasteiger partial charge in [-0.25, -0.2) is 4.98 Å². The summed E-state index contributed by atoms with van der Waals surface area (Å²) in [5, 5.41) is 3.50. The third kappa shape index (κ3) is 4.63. The quantitative estimate of drug-likeness (QED) is 0.770. The Kier molecular flexibility index (Phi) is 6.68. The fourth-order valence-electron chi connectivity index (χ4n) is 1.72. The van der Waals surface area contributed by atoms with E-state index in [0.29, 0.717) is 17.8 Å². The number of aromatic nitrogens is 1. The summed E-state index contributed by atoms with van der Waals surface area (Å²) < 4.78 is 10.7. The van der Waals surface area contributed by atoms with Crippen molar-refractivity contribution >= 4 is 0 Å². The highest BCUT2D eigenvalue weighted by atomic mass is 16.5. The number of pyridine rings is 1. The third-order valence-corrected chi connectivity index (χ3v) is 2.90. The monoisotopic (exact) mass is 252 g/mol. The Labute approximate surface area is 110 Å². The topological polar surface area (TPSA) is 43.4 Å². The smallest absolute Gasteiger partial charge is 0.217 e. The predicted octanol–water partition coefficient (Wildman–Crippen LogP) is 2.24. The summed E-state index contributed by atoms with van der Waals surface area (Å²) in [6, 6.07) is 4.29. The van der Waals surface area contributed by atoms with Crippen LogP contribution in [-0.2, 0) is 11.3 Å². The van der Waals surface area contributed by atoms with Gasteiger partial charge in [-0.1, -0.05) is 19.9 Å². The highest BCUT2D eigenvalue weighted by Crippen LogP contribution is 2.14. The largest absolute Gasteiger partial charge is 0.481 e. The number of hydrogen-bond acceptors (Lipinski definition) is 4. The second kappa shape index (κ2) is 8.06. The first-order valence-electron chi connectivity index (χ1n) is 6.48. The molecule has 0 aliphatic carbocycles. The van der Waals surface area contributed by atoms with Crippen LogP contribution in [0.3, 0.4) is 0 Å². The summed E-state index contributed by atoms with van der Waals surface area (Å²) in [5.74, 6) is 1.21. The van der Waals surface area contributed by atoms with Gasteiger partial charge >= 0.3 is 0 Å². The van der Waals surface area contributed by atoms with Crippen LogP contribution in [-0.4, -0.2) is 31.3 Å². The summed E-state index contributed by atoms with van der Waals surface area (Å²) in [6.07, 6.45) is 1.74. The van der Waals surface area contributed by atoms with Crippen molar-refractivity contribution in [1.82, 2.24) is 10.3 Å². The number of hydrogen-bond donors (Lipinski definition) is 1. The standard InChI is InChI=1S/C14H24N2O2/c1-5-18-10-13(11(2)3)16-9-12-7-6-8-15-14(12)17-4/h6-8,11,13,16H,5,9-10H2,1-4H3. The van der Waals surface area contributed by atoms with Crippen molar-refractivity contribution < 1.29 is 9.47 Å². The van der Waals surface area contributed by atoms with Gasteiger partial charge in [0.2, 0.25) is 5.88 Å². The summed E-state index contributed by atoms with van der Waals surface area (Å²) in [4.78, 5) is 4.19. The van der Waals surface area contributed by atoms with Crippen LogP contribution < -0.4 is 10.1 Å². The molecule has 0 amide bonds. The average molecular weight is 252 g/mol. The molecule has 1 heterocycles. The van der Waals surface area contributed by atoms with Gasteiger partial charge in [0.25, 0.3) is 0 Å². The Morgan fingerprint density at radius 1 is 1.39 bits per heavy atom. The Morgan fingerprint density at radius 3 is 2.78 bits per heavy atom. The fourth-order valence-corrected chi connectivity index (χ4v) is 1.72. The van der Waals surface area contributed by atoms with E-state index in [1.807, 2.05) is 19.1 Å². The molecule has 0 spiro atoms. The second-order valence-corrected chi connectivity index (χ2v) is 4.56. The molecule has 1 aromatic heterocycles. The SMILES string of the molecule is CCOCC(NCc1cccnc1OC)C(C)C. The van der Waals surface area contributed by atoms with Crippen LogP contribution in [0.4, 0.5) is 0 Å². The highest BCUT2D eigenvalue weighted by molar-refractivity contribution is 5.25. The summed E-state index contributed by atoms with van der Waals surface area (Å²) in [5.41, 5.74) is 1.07. The van der Waals surface area contributed by atoms with Gasteiger partial charge in [0.15, 0.2) is 0 Å². The molecule has 0 saturated carbocycles. The van der Waals surface area contributed by atoms with E-state index >= 15 is 0 Å². The predicted molar refractivity (Wildman–Crippen MR) is 72.7 cm³/mol. The van der Waals surface area contributed by atoms with Gasteiger partial charge in [0.05, 0.1) is 13.7 Å². The maximum atomic E-state index is 5.49. The van der Waals surface area contributed by atoms with E-state index in [0.717, 1.165) is 25.3 Å². The highest BCUT2D eigenvalue weighted by Gasteiger charge is 2.13. The molecule has 4 nitrogen and oxygen atoms in total. The summed E-state index contributed by atoms with van der Waals surface area (Å²) >= 11 is 0. The fraction of sp³-hybridized carbons (Fsp3) is 0.643. The Balaban J connectivity index is 2.55. The van der Waals surface area contributed by atoms with Crippen LogP contribution in [0.25, 0.3) is 0 Å². The van der Waals surface area contributed by atoms with Crippen molar-refractivity contribution in [2.75, 3.05) is 20.3 Å². The number of methoxy groups -OCH3 is 1. The van der Waals surface area contributed by atoms with E-state index in [2.05, 4.69) is 24.1 Å². The molecule has 0 bridgehead atoms. The van der Waals surface area contributed by atoms with E-state index in [1.165, 1.54) is 0 Å². The van der Waals surface area contributed by atoms with Crippen LogP contribution in [0, 0.1) is 5.92 Å². The minimum absolute atomic E-state index is 0.342. The van der Waals surface area contributed by atoms with Gasteiger partial charge < -0.3 is 14.8 Å². The maximum Gasteiger partial charge on any atom is 0.217 e. The van der Waals surface area contributed by atoms with Crippen LogP contribution >= 0.6 is 0 Å². The van der Waals surface area contributed by atoms with Crippen molar-refractivity contribution in [3.63, 3.8) is 0 Å². The lowest BCUT2D eigenvalue weighted by Crippen LogP contribution is -2.37. The van der Waals surface area contributed by atoms with Gasteiger partial charge in [0, 0.05) is 31.0 Å². The summed E-state index contributed by atoms with van der Waals surface area (Å²) in [6.45, 7) is 8.63. The van der Waals surface area contributed by atoms with Crippen molar-refractivity contribution in [2.24, 2.45) is 5.92 Å². The molecule has 102 valence electrons. The van der Waals surface area contributed by atoms with Gasteiger partial charge in [-0.3, -0.25) is 0 Å². The first-order valence-corrected chi connectivity index (χ1v) is 6.48. The lowest BCUT2D eigenvalue weighted by atomic mass is 10.1. The van der Waals surface area contributed by atoms with E-state index in [1.54, 1.807) is 13.3 Å². The molecule has 0 radical (unpaired) electrons. The van der Waals surface area contributed by atoms with Crippen LogP contribution in [0.2, 0.25) is 0 Å². The maximum absolute atomic E-state index is 5.49. The molecule has 1 unspecified atom stereocenters. The zero-order chi connectivity index (χ0) is 13.4. The van der Waals surface area contributed by atoms with E-state index < -0.39 is 0 Å². The first kappa shape index (κ1) is 14.9. The number of nitrogens with one attached hydrogen (secondary N) is 1. The molecular weight excluding hydrogens is 228 g/mol. The van der Waals surface area contributed by atoms with Gasteiger partial charge in [-0.2, -0.15) is 0 Å². The van der Waals surface area contributed by atoms with Crippen molar-refractivity contribution in [3.05, 3.63) is 23.9 Å². The lowest BCUT2D eigenvalue weighted by molar-refractivity contribution is 0.107. The molecule has 1 N–H and O–H groups in total. The third-order valence-electron chi connectivity index (χ3n) is 2.90. The molecule has 1 rings (SSSR count). The normalized spacial score (nSPS) is 12.7. The zero-order valence-corrected chi connectivity index (χ0v) is 11.8. The molecule has 4 heteroatoms. The molecule has 0 fully saturated rings. The van der Waals surface area contributed by atoms with E-state index in [9.17, 15) is 0 Å². The molecular formula is C14H24N2O2. The molecule has 0 saturated heterocycles. The van der Waals surface area contributed by atoms with Crippen molar-refractivity contribution in [2.45, 2.75) is 33.4 Å². The molecule has 18 heavy (non-hydrogen) atoms. The van der Waals surface area contributed by atoms with Gasteiger partial charge in [0.1, 0.15) is 0 Å². The molecule has 0 aliphatic rings. The Hall–Kier alpha value is -1.13. The molecule has 0 aliphatic heterocycles.